The Morgan fingerprint density at radius 2 is 1.60 bits per heavy atom. The number of carboxylic acid groups (broad SMARTS) is 1. The number of hydrogen-bond donors (Lipinski definition) is 1. The van der Waals surface area contributed by atoms with Crippen LogP contribution in [-0.4, -0.2) is 33.5 Å². The quantitative estimate of drug-likeness (QED) is 0.153. The van der Waals surface area contributed by atoms with E-state index >= 15 is 0 Å². The summed E-state index contributed by atoms with van der Waals surface area (Å²) in [6.07, 6.45) is 4.28. The van der Waals surface area contributed by atoms with E-state index in [2.05, 4.69) is 118 Å². The van der Waals surface area contributed by atoms with Gasteiger partial charge in [0, 0.05) is 40.8 Å². The predicted octanol–water partition coefficient (Wildman–Crippen LogP) is 9.57. The smallest absolute Gasteiger partial charge is 0.317 e. The van der Waals surface area contributed by atoms with E-state index in [1.807, 2.05) is 11.1 Å². The van der Waals surface area contributed by atoms with Crippen LogP contribution in [0.1, 0.15) is 93.1 Å². The van der Waals surface area contributed by atoms with Gasteiger partial charge in [-0.1, -0.05) is 71.0 Å². The van der Waals surface area contributed by atoms with Gasteiger partial charge >= 0.3 is 5.97 Å². The number of anilines is 1. The molecule has 2 aromatic heterocycles. The van der Waals surface area contributed by atoms with E-state index < -0.39 is 5.97 Å². The normalized spacial score (nSPS) is 12.0. The Bertz CT molecular complexity index is 1440. The number of carboxylic acids is 1. The Hall–Kier alpha value is -3.00. The summed E-state index contributed by atoms with van der Waals surface area (Å²) in [5.74, 6) is -0.191. The molecule has 0 fully saturated rings. The van der Waals surface area contributed by atoms with E-state index in [0.29, 0.717) is 25.0 Å². The van der Waals surface area contributed by atoms with Crippen LogP contribution in [0.4, 0.5) is 5.69 Å². The highest BCUT2D eigenvalue weighted by Crippen LogP contribution is 2.31. The number of benzene rings is 2. The topological polar surface area (TPSA) is 56.7 Å². The maximum absolute atomic E-state index is 11.6. The van der Waals surface area contributed by atoms with Crippen LogP contribution in [0.25, 0.3) is 11.1 Å². The van der Waals surface area contributed by atoms with Gasteiger partial charge in [0.25, 0.3) is 0 Å². The third kappa shape index (κ3) is 9.01. The molecule has 1 N–H and O–H groups in total. The molecule has 230 valence electrons. The lowest BCUT2D eigenvalue weighted by Gasteiger charge is -2.30. The Morgan fingerprint density at radius 3 is 2.16 bits per heavy atom. The van der Waals surface area contributed by atoms with Crippen LogP contribution in [0, 0.1) is 0 Å². The first kappa shape index (κ1) is 32.9. The Morgan fingerprint density at radius 1 is 0.930 bits per heavy atom. The third-order valence-corrected chi connectivity index (χ3v) is 10.3. The molecular formula is C36H47N3O2S2. The van der Waals surface area contributed by atoms with Gasteiger partial charge in [0.05, 0.1) is 13.1 Å². The largest absolute Gasteiger partial charge is 0.480 e. The third-order valence-electron chi connectivity index (χ3n) is 7.99. The van der Waals surface area contributed by atoms with Crippen molar-refractivity contribution in [2.45, 2.75) is 98.3 Å². The predicted molar refractivity (Wildman–Crippen MR) is 183 cm³/mol. The SMILES string of the molecule is CCC(CC)c1ccc(N(Cc2ccc(-c3csc(CN(CC(=O)O)Cc4ncc(C(C)(C)C)s4)c3)cc2)C(C)C)cc1. The zero-order valence-corrected chi connectivity index (χ0v) is 28.4. The van der Waals surface area contributed by atoms with Crippen molar-refractivity contribution in [3.8, 4) is 11.1 Å². The van der Waals surface area contributed by atoms with Gasteiger partial charge in [-0.3, -0.25) is 9.69 Å². The van der Waals surface area contributed by atoms with E-state index in [1.54, 1.807) is 22.7 Å². The zero-order chi connectivity index (χ0) is 31.1. The number of thiazole rings is 1. The van der Waals surface area contributed by atoms with Gasteiger partial charge in [0.15, 0.2) is 0 Å². The molecule has 0 spiro atoms. The molecule has 4 rings (SSSR count). The van der Waals surface area contributed by atoms with E-state index in [-0.39, 0.29) is 12.0 Å². The van der Waals surface area contributed by atoms with E-state index in [1.165, 1.54) is 45.7 Å². The van der Waals surface area contributed by atoms with E-state index in [9.17, 15) is 9.90 Å². The lowest BCUT2D eigenvalue weighted by molar-refractivity contribution is -0.138. The fourth-order valence-corrected chi connectivity index (χ4v) is 7.34. The average molecular weight is 618 g/mol. The first-order chi connectivity index (χ1) is 20.5. The summed E-state index contributed by atoms with van der Waals surface area (Å²) in [7, 11) is 0. The molecule has 0 saturated carbocycles. The molecule has 0 bridgehead atoms. The number of hydrogen-bond acceptors (Lipinski definition) is 6. The highest BCUT2D eigenvalue weighted by molar-refractivity contribution is 7.11. The lowest BCUT2D eigenvalue weighted by Crippen LogP contribution is -2.30. The lowest BCUT2D eigenvalue weighted by atomic mass is 9.94. The van der Waals surface area contributed by atoms with Gasteiger partial charge < -0.3 is 10.0 Å². The highest BCUT2D eigenvalue weighted by Gasteiger charge is 2.20. The Kier molecular flexibility index (Phi) is 11.2. The van der Waals surface area contributed by atoms with Gasteiger partial charge in [-0.2, -0.15) is 0 Å². The van der Waals surface area contributed by atoms with Gasteiger partial charge in [-0.05, 0) is 83.9 Å². The van der Waals surface area contributed by atoms with Crippen molar-refractivity contribution in [3.05, 3.63) is 92.1 Å². The fraction of sp³-hybridized carbons (Fsp3) is 0.444. The standard InChI is InChI=1S/C36H47N3O2S2/c1-8-27(9-2)28-14-16-31(17-15-28)39(25(3)4)20-26-10-12-29(13-11-26)30-18-32(42-24-30)21-38(23-35(40)41)22-34-37-19-33(43-34)36(5,6)7/h10-19,24-25,27H,8-9,20-23H2,1-7H3,(H,40,41). The van der Waals surface area contributed by atoms with Crippen LogP contribution in [0.15, 0.2) is 66.2 Å². The van der Waals surface area contributed by atoms with Crippen molar-refractivity contribution in [1.29, 1.82) is 0 Å². The van der Waals surface area contributed by atoms with Gasteiger partial charge in [0.2, 0.25) is 0 Å². The fourth-order valence-electron chi connectivity index (χ4n) is 5.39. The van der Waals surface area contributed by atoms with Crippen molar-refractivity contribution < 1.29 is 9.90 Å². The Labute approximate surface area is 266 Å². The minimum atomic E-state index is -0.822. The molecule has 0 unspecified atom stereocenters. The van der Waals surface area contributed by atoms with Crippen LogP contribution >= 0.6 is 22.7 Å². The van der Waals surface area contributed by atoms with Crippen molar-refractivity contribution in [3.63, 3.8) is 0 Å². The average Bonchev–Trinajstić information content (AvgIpc) is 3.63. The van der Waals surface area contributed by atoms with Crippen molar-refractivity contribution in [2.75, 3.05) is 11.4 Å². The van der Waals surface area contributed by atoms with Crippen molar-refractivity contribution >= 4 is 34.3 Å². The molecule has 43 heavy (non-hydrogen) atoms. The van der Waals surface area contributed by atoms with Crippen LogP contribution in [-0.2, 0) is 29.8 Å². The maximum atomic E-state index is 11.6. The molecule has 5 nitrogen and oxygen atoms in total. The first-order valence-corrected chi connectivity index (χ1v) is 17.1. The maximum Gasteiger partial charge on any atom is 0.317 e. The summed E-state index contributed by atoms with van der Waals surface area (Å²) >= 11 is 3.35. The second kappa shape index (κ2) is 14.7. The summed E-state index contributed by atoms with van der Waals surface area (Å²) in [5.41, 5.74) is 6.36. The molecule has 0 aliphatic heterocycles. The Balaban J connectivity index is 1.42. The second-order valence-electron chi connectivity index (χ2n) is 12.7. The number of carbonyl (C=O) groups is 1. The molecule has 0 aliphatic rings. The number of aliphatic carboxylic acids is 1. The van der Waals surface area contributed by atoms with Gasteiger partial charge in [0.1, 0.15) is 5.01 Å². The summed E-state index contributed by atoms with van der Waals surface area (Å²) in [6, 6.07) is 20.6. The monoisotopic (exact) mass is 617 g/mol. The minimum Gasteiger partial charge on any atom is -0.480 e. The number of thiophene rings is 1. The molecule has 4 aromatic rings. The number of nitrogens with zero attached hydrogens (tertiary/aromatic N) is 3. The molecule has 2 aromatic carbocycles. The molecule has 7 heteroatoms. The highest BCUT2D eigenvalue weighted by atomic mass is 32.1. The molecule has 2 heterocycles. The van der Waals surface area contributed by atoms with E-state index in [0.717, 1.165) is 16.4 Å². The molecule has 0 saturated heterocycles. The second-order valence-corrected chi connectivity index (χ2v) is 14.8. The van der Waals surface area contributed by atoms with Crippen LogP contribution < -0.4 is 4.90 Å². The summed E-state index contributed by atoms with van der Waals surface area (Å²) < 4.78 is 0. The van der Waals surface area contributed by atoms with Crippen LogP contribution in [0.5, 0.6) is 0 Å². The number of aromatic nitrogens is 1. The van der Waals surface area contributed by atoms with Crippen molar-refractivity contribution in [2.24, 2.45) is 0 Å². The van der Waals surface area contributed by atoms with Crippen molar-refractivity contribution in [1.82, 2.24) is 9.88 Å². The first-order valence-electron chi connectivity index (χ1n) is 15.4. The molecule has 0 aliphatic carbocycles. The van der Waals surface area contributed by atoms with Crippen LogP contribution in [0.3, 0.4) is 0 Å². The zero-order valence-electron chi connectivity index (χ0n) is 26.8. The van der Waals surface area contributed by atoms with E-state index in [4.69, 9.17) is 0 Å². The molecular weight excluding hydrogens is 571 g/mol. The molecule has 0 atom stereocenters. The summed E-state index contributed by atoms with van der Waals surface area (Å²) in [5, 5.41) is 12.7. The molecule has 0 amide bonds. The minimum absolute atomic E-state index is 0.0147. The van der Waals surface area contributed by atoms with Gasteiger partial charge in [-0.25, -0.2) is 4.98 Å². The number of rotatable bonds is 14. The molecule has 0 radical (unpaired) electrons. The van der Waals surface area contributed by atoms with Gasteiger partial charge in [-0.15, -0.1) is 22.7 Å². The summed E-state index contributed by atoms with van der Waals surface area (Å²) in [4.78, 5) is 23.0. The summed E-state index contributed by atoms with van der Waals surface area (Å²) in [6.45, 7) is 17.5. The van der Waals surface area contributed by atoms with Crippen LogP contribution in [0.2, 0.25) is 0 Å².